The van der Waals surface area contributed by atoms with Crippen molar-refractivity contribution in [2.24, 2.45) is 0 Å². The summed E-state index contributed by atoms with van der Waals surface area (Å²) >= 11 is 0. The fraction of sp³-hybridized carbons (Fsp3) is 0.389. The van der Waals surface area contributed by atoms with Crippen molar-refractivity contribution in [2.45, 2.75) is 26.7 Å². The summed E-state index contributed by atoms with van der Waals surface area (Å²) < 4.78 is 0. The number of amides is 1. The fourth-order valence-corrected chi connectivity index (χ4v) is 1.92. The molecule has 3 heteroatoms. The highest BCUT2D eigenvalue weighted by molar-refractivity contribution is 5.98. The zero-order valence-corrected chi connectivity index (χ0v) is 13.3. The average Bonchev–Trinajstić information content (AvgIpc) is 2.53. The Kier molecular flexibility index (Phi) is 8.14. The predicted octanol–water partition coefficient (Wildman–Crippen LogP) is 3.60. The zero-order chi connectivity index (χ0) is 15.5. The van der Waals surface area contributed by atoms with Crippen molar-refractivity contribution in [3.63, 3.8) is 0 Å². The molecular weight excluding hydrogens is 260 g/mol. The first-order chi connectivity index (χ1) is 10.2. The second-order valence-electron chi connectivity index (χ2n) is 4.92. The van der Waals surface area contributed by atoms with Gasteiger partial charge in [0.15, 0.2) is 0 Å². The monoisotopic (exact) mass is 286 g/mol. The van der Waals surface area contributed by atoms with Crippen molar-refractivity contribution < 1.29 is 4.79 Å². The van der Waals surface area contributed by atoms with E-state index in [0.29, 0.717) is 0 Å². The number of carbonyl (C=O) groups is 1. The average molecular weight is 286 g/mol. The van der Waals surface area contributed by atoms with Gasteiger partial charge in [0.05, 0.1) is 0 Å². The van der Waals surface area contributed by atoms with Gasteiger partial charge < -0.3 is 10.6 Å². The number of hydrogen-bond donors (Lipinski definition) is 2. The molecule has 0 heterocycles. The number of carbonyl (C=O) groups excluding carboxylic acids is 1. The van der Waals surface area contributed by atoms with E-state index in [1.54, 1.807) is 0 Å². The Labute approximate surface area is 127 Å². The van der Waals surface area contributed by atoms with Gasteiger partial charge in [-0.1, -0.05) is 44.2 Å². The van der Waals surface area contributed by atoms with E-state index in [1.165, 1.54) is 6.42 Å². The first kappa shape index (κ1) is 17.2. The summed E-state index contributed by atoms with van der Waals surface area (Å²) in [5.41, 5.74) is 0.729. The minimum absolute atomic E-state index is 0.00704. The molecule has 2 aromatic rings. The molecule has 2 aromatic carbocycles. The maximum atomic E-state index is 11.7. The molecule has 2 rings (SSSR count). The predicted molar refractivity (Wildman–Crippen MR) is 90.8 cm³/mol. The largest absolute Gasteiger partial charge is 0.352 e. The number of benzene rings is 2. The molecule has 0 fully saturated rings. The van der Waals surface area contributed by atoms with Crippen LogP contribution in [0.5, 0.6) is 0 Å². The van der Waals surface area contributed by atoms with Crippen LogP contribution in [0.3, 0.4) is 0 Å². The zero-order valence-electron chi connectivity index (χ0n) is 13.3. The van der Waals surface area contributed by atoms with Crippen LogP contribution in [-0.2, 0) is 0 Å². The van der Waals surface area contributed by atoms with E-state index >= 15 is 0 Å². The molecule has 0 aliphatic heterocycles. The molecule has 0 saturated carbocycles. The minimum Gasteiger partial charge on any atom is -0.352 e. The molecule has 114 valence electrons. The number of fused-ring (bicyclic) bond motifs is 1. The molecular formula is C18H26N2O. The van der Waals surface area contributed by atoms with E-state index in [2.05, 4.69) is 17.6 Å². The van der Waals surface area contributed by atoms with Crippen LogP contribution in [0.2, 0.25) is 0 Å². The lowest BCUT2D eigenvalue weighted by Gasteiger charge is -2.04. The Bertz CT molecular complexity index is 550. The molecule has 2 N–H and O–H groups in total. The van der Waals surface area contributed by atoms with Gasteiger partial charge in [-0.15, -0.1) is 0 Å². The van der Waals surface area contributed by atoms with Crippen LogP contribution in [0, 0.1) is 0 Å². The standard InChI is InChI=1S/C14H15NO.C4H11N/c1-2-9-15-14(16)13-8-7-11-5-3-4-6-12(11)10-13;1-3-4-5-2/h3-8,10H,2,9H2,1H3,(H,15,16);5H,3-4H2,1-2H3. The third-order valence-corrected chi connectivity index (χ3v) is 3.05. The molecule has 3 nitrogen and oxygen atoms in total. The maximum absolute atomic E-state index is 11.7. The van der Waals surface area contributed by atoms with E-state index in [-0.39, 0.29) is 5.91 Å². The maximum Gasteiger partial charge on any atom is 0.251 e. The second-order valence-corrected chi connectivity index (χ2v) is 4.92. The molecule has 0 atom stereocenters. The summed E-state index contributed by atoms with van der Waals surface area (Å²) in [4.78, 5) is 11.7. The highest BCUT2D eigenvalue weighted by Gasteiger charge is 2.04. The molecule has 0 spiro atoms. The highest BCUT2D eigenvalue weighted by Crippen LogP contribution is 2.15. The first-order valence-corrected chi connectivity index (χ1v) is 7.64. The number of hydrogen-bond acceptors (Lipinski definition) is 2. The first-order valence-electron chi connectivity index (χ1n) is 7.64. The van der Waals surface area contributed by atoms with Gasteiger partial charge in [-0.05, 0) is 49.3 Å². The van der Waals surface area contributed by atoms with Gasteiger partial charge in [-0.25, -0.2) is 0 Å². The summed E-state index contributed by atoms with van der Waals surface area (Å²) in [6.07, 6.45) is 2.19. The van der Waals surface area contributed by atoms with Crippen LogP contribution in [0.1, 0.15) is 37.0 Å². The Hall–Kier alpha value is -1.87. The molecule has 0 saturated heterocycles. The normalized spacial score (nSPS) is 9.86. The topological polar surface area (TPSA) is 41.1 Å². The van der Waals surface area contributed by atoms with E-state index in [1.807, 2.05) is 56.4 Å². The minimum atomic E-state index is 0.00704. The molecule has 0 radical (unpaired) electrons. The lowest BCUT2D eigenvalue weighted by molar-refractivity contribution is 0.0954. The quantitative estimate of drug-likeness (QED) is 0.882. The second kappa shape index (κ2) is 9.94. The van der Waals surface area contributed by atoms with Crippen LogP contribution in [-0.4, -0.2) is 26.0 Å². The Morgan fingerprint density at radius 2 is 1.62 bits per heavy atom. The van der Waals surface area contributed by atoms with Gasteiger partial charge in [0.2, 0.25) is 0 Å². The summed E-state index contributed by atoms with van der Waals surface area (Å²) in [5.74, 6) is 0.00704. The summed E-state index contributed by atoms with van der Waals surface area (Å²) in [5, 5.41) is 8.16. The molecule has 1 amide bonds. The summed E-state index contributed by atoms with van der Waals surface area (Å²) in [6.45, 7) is 6.06. The van der Waals surface area contributed by atoms with E-state index in [4.69, 9.17) is 0 Å². The van der Waals surface area contributed by atoms with Crippen LogP contribution >= 0.6 is 0 Å². The van der Waals surface area contributed by atoms with Crippen molar-refractivity contribution in [2.75, 3.05) is 20.1 Å². The number of rotatable bonds is 5. The van der Waals surface area contributed by atoms with Crippen molar-refractivity contribution in [1.82, 2.24) is 10.6 Å². The van der Waals surface area contributed by atoms with Crippen LogP contribution in [0.15, 0.2) is 42.5 Å². The fourth-order valence-electron chi connectivity index (χ4n) is 1.92. The van der Waals surface area contributed by atoms with E-state index in [0.717, 1.165) is 35.8 Å². The van der Waals surface area contributed by atoms with Crippen molar-refractivity contribution in [3.05, 3.63) is 48.0 Å². The van der Waals surface area contributed by atoms with Crippen LogP contribution in [0.4, 0.5) is 0 Å². The van der Waals surface area contributed by atoms with Crippen LogP contribution in [0.25, 0.3) is 10.8 Å². The highest BCUT2D eigenvalue weighted by atomic mass is 16.1. The SMILES string of the molecule is CCCNC.CCCNC(=O)c1ccc2ccccc2c1. The van der Waals surface area contributed by atoms with Gasteiger partial charge in [0.1, 0.15) is 0 Å². The van der Waals surface area contributed by atoms with Crippen molar-refractivity contribution >= 4 is 16.7 Å². The van der Waals surface area contributed by atoms with Gasteiger partial charge in [0.25, 0.3) is 5.91 Å². The van der Waals surface area contributed by atoms with Crippen molar-refractivity contribution in [1.29, 1.82) is 0 Å². The van der Waals surface area contributed by atoms with Gasteiger partial charge in [0, 0.05) is 12.1 Å². The lowest BCUT2D eigenvalue weighted by Crippen LogP contribution is -2.23. The van der Waals surface area contributed by atoms with E-state index in [9.17, 15) is 4.79 Å². The Balaban J connectivity index is 0.000000383. The van der Waals surface area contributed by atoms with Gasteiger partial charge in [-0.3, -0.25) is 4.79 Å². The van der Waals surface area contributed by atoms with Crippen molar-refractivity contribution in [3.8, 4) is 0 Å². The summed E-state index contributed by atoms with van der Waals surface area (Å²) in [7, 11) is 1.96. The Morgan fingerprint density at radius 3 is 2.19 bits per heavy atom. The molecule has 0 aliphatic carbocycles. The molecule has 0 unspecified atom stereocenters. The molecule has 0 aromatic heterocycles. The third kappa shape index (κ3) is 5.96. The van der Waals surface area contributed by atoms with E-state index < -0.39 is 0 Å². The third-order valence-electron chi connectivity index (χ3n) is 3.05. The van der Waals surface area contributed by atoms with Gasteiger partial charge >= 0.3 is 0 Å². The summed E-state index contributed by atoms with van der Waals surface area (Å²) in [6, 6.07) is 13.8. The Morgan fingerprint density at radius 1 is 0.952 bits per heavy atom. The molecule has 0 bridgehead atoms. The molecule has 0 aliphatic rings. The van der Waals surface area contributed by atoms with Crippen LogP contribution < -0.4 is 10.6 Å². The smallest absolute Gasteiger partial charge is 0.251 e. The molecule has 21 heavy (non-hydrogen) atoms. The number of nitrogens with one attached hydrogen (secondary N) is 2. The lowest BCUT2D eigenvalue weighted by atomic mass is 10.1. The van der Waals surface area contributed by atoms with Gasteiger partial charge in [-0.2, -0.15) is 0 Å².